The van der Waals surface area contributed by atoms with E-state index in [1.807, 2.05) is 6.92 Å². The predicted molar refractivity (Wildman–Crippen MR) is 86.9 cm³/mol. The average Bonchev–Trinajstić information content (AvgIpc) is 2.48. The van der Waals surface area contributed by atoms with E-state index in [9.17, 15) is 9.18 Å². The largest absolute Gasteiger partial charge is 0.399 e. The van der Waals surface area contributed by atoms with Gasteiger partial charge in [0.05, 0.1) is 10.0 Å². The summed E-state index contributed by atoms with van der Waals surface area (Å²) in [5, 5.41) is 0. The molecule has 0 aliphatic heterocycles. The van der Waals surface area contributed by atoms with E-state index >= 15 is 0 Å². The minimum atomic E-state index is -0.543. The fourth-order valence-corrected chi connectivity index (χ4v) is 2.41. The lowest BCUT2D eigenvalue weighted by molar-refractivity contribution is 0.0983. The summed E-state index contributed by atoms with van der Waals surface area (Å²) in [6.45, 7) is 2.48. The first-order valence-corrected chi connectivity index (χ1v) is 7.45. The summed E-state index contributed by atoms with van der Waals surface area (Å²) >= 11 is 3.11. The predicted octanol–water partition coefficient (Wildman–Crippen LogP) is 4.23. The Kier molecular flexibility index (Phi) is 4.96. The van der Waals surface area contributed by atoms with Gasteiger partial charge in [-0.3, -0.25) is 4.79 Å². The molecule has 2 aromatic carbocycles. The smallest absolute Gasteiger partial charge is 0.261 e. The highest BCUT2D eigenvalue weighted by Crippen LogP contribution is 2.23. The van der Waals surface area contributed by atoms with E-state index < -0.39 is 5.82 Å². The Labute approximate surface area is 131 Å². The number of hydrogen-bond acceptors (Lipinski definition) is 2. The lowest BCUT2D eigenvalue weighted by Crippen LogP contribution is -2.32. The van der Waals surface area contributed by atoms with Gasteiger partial charge in [-0.1, -0.05) is 13.0 Å². The van der Waals surface area contributed by atoms with Gasteiger partial charge in [0, 0.05) is 17.9 Å². The van der Waals surface area contributed by atoms with Crippen LogP contribution >= 0.6 is 15.9 Å². The summed E-state index contributed by atoms with van der Waals surface area (Å²) in [6.07, 6.45) is 0.770. The number of halogens is 2. The molecule has 0 aliphatic carbocycles. The van der Waals surface area contributed by atoms with Crippen LogP contribution in [0.2, 0.25) is 0 Å². The van der Waals surface area contributed by atoms with E-state index in [2.05, 4.69) is 15.9 Å². The molecule has 0 fully saturated rings. The average molecular weight is 351 g/mol. The number of rotatable bonds is 4. The summed E-state index contributed by atoms with van der Waals surface area (Å²) in [5.41, 5.74) is 7.04. The van der Waals surface area contributed by atoms with Gasteiger partial charge in [0.25, 0.3) is 5.91 Å². The van der Waals surface area contributed by atoms with Crippen LogP contribution in [-0.4, -0.2) is 12.5 Å². The highest BCUT2D eigenvalue weighted by molar-refractivity contribution is 9.10. The summed E-state index contributed by atoms with van der Waals surface area (Å²) in [4.78, 5) is 14.2. The Balaban J connectivity index is 2.40. The first kappa shape index (κ1) is 15.5. The van der Waals surface area contributed by atoms with Crippen LogP contribution in [-0.2, 0) is 0 Å². The number of nitrogen functional groups attached to an aromatic ring is 1. The van der Waals surface area contributed by atoms with Crippen molar-refractivity contribution in [1.29, 1.82) is 0 Å². The molecule has 0 bridgehead atoms. The van der Waals surface area contributed by atoms with Crippen molar-refractivity contribution in [2.24, 2.45) is 0 Å². The van der Waals surface area contributed by atoms with Gasteiger partial charge in [0.15, 0.2) is 0 Å². The molecule has 0 saturated heterocycles. The standard InChI is InChI=1S/C16H16BrFN2O/c1-2-10-20(12-8-6-11(19)7-9-12)16(21)13-4-3-5-14(17)15(13)18/h3-9H,2,10,19H2,1H3. The number of nitrogens with two attached hydrogens (primary N) is 1. The Hall–Kier alpha value is -1.88. The molecule has 0 radical (unpaired) electrons. The molecule has 0 atom stereocenters. The van der Waals surface area contributed by atoms with Gasteiger partial charge in [0.1, 0.15) is 5.82 Å². The first-order valence-electron chi connectivity index (χ1n) is 6.66. The second kappa shape index (κ2) is 6.72. The second-order valence-corrected chi connectivity index (χ2v) is 5.50. The molecule has 2 N–H and O–H groups in total. The van der Waals surface area contributed by atoms with Gasteiger partial charge in [-0.15, -0.1) is 0 Å². The third-order valence-electron chi connectivity index (χ3n) is 3.08. The molecule has 0 aliphatic rings. The molecule has 21 heavy (non-hydrogen) atoms. The topological polar surface area (TPSA) is 46.3 Å². The van der Waals surface area contributed by atoms with E-state index in [0.29, 0.717) is 17.9 Å². The molecule has 2 rings (SSSR count). The highest BCUT2D eigenvalue weighted by Gasteiger charge is 2.21. The monoisotopic (exact) mass is 350 g/mol. The van der Waals surface area contributed by atoms with Crippen molar-refractivity contribution in [3.05, 3.63) is 58.3 Å². The fraction of sp³-hybridized carbons (Fsp3) is 0.188. The van der Waals surface area contributed by atoms with Crippen molar-refractivity contribution >= 4 is 33.2 Å². The summed E-state index contributed by atoms with van der Waals surface area (Å²) in [5.74, 6) is -0.903. The molecule has 3 nitrogen and oxygen atoms in total. The van der Waals surface area contributed by atoms with Crippen LogP contribution in [0.15, 0.2) is 46.9 Å². The van der Waals surface area contributed by atoms with Crippen LogP contribution < -0.4 is 10.6 Å². The van der Waals surface area contributed by atoms with Crippen LogP contribution in [0.1, 0.15) is 23.7 Å². The minimum absolute atomic E-state index is 0.0506. The third-order valence-corrected chi connectivity index (χ3v) is 3.69. The summed E-state index contributed by atoms with van der Waals surface area (Å²) in [7, 11) is 0. The third kappa shape index (κ3) is 3.42. The van der Waals surface area contributed by atoms with Gasteiger partial charge in [-0.2, -0.15) is 0 Å². The Morgan fingerprint density at radius 2 is 1.90 bits per heavy atom. The quantitative estimate of drug-likeness (QED) is 0.838. The fourth-order valence-electron chi connectivity index (χ4n) is 2.04. The maximum Gasteiger partial charge on any atom is 0.261 e. The second-order valence-electron chi connectivity index (χ2n) is 4.65. The maximum absolute atomic E-state index is 14.1. The van der Waals surface area contributed by atoms with Crippen LogP contribution in [0.4, 0.5) is 15.8 Å². The maximum atomic E-state index is 14.1. The Morgan fingerprint density at radius 1 is 1.24 bits per heavy atom. The zero-order valence-electron chi connectivity index (χ0n) is 11.6. The molecule has 110 valence electrons. The van der Waals surface area contributed by atoms with E-state index in [-0.39, 0.29) is 15.9 Å². The van der Waals surface area contributed by atoms with Gasteiger partial charge in [-0.05, 0) is 58.7 Å². The highest BCUT2D eigenvalue weighted by atomic mass is 79.9. The number of anilines is 2. The zero-order valence-corrected chi connectivity index (χ0v) is 13.2. The van der Waals surface area contributed by atoms with E-state index in [4.69, 9.17) is 5.73 Å². The van der Waals surface area contributed by atoms with Crippen molar-refractivity contribution in [3.8, 4) is 0 Å². The van der Waals surface area contributed by atoms with Gasteiger partial charge in [-0.25, -0.2) is 4.39 Å². The molecule has 0 saturated carbocycles. The molecule has 0 unspecified atom stereocenters. The van der Waals surface area contributed by atoms with Crippen molar-refractivity contribution in [3.63, 3.8) is 0 Å². The SMILES string of the molecule is CCCN(C(=O)c1cccc(Br)c1F)c1ccc(N)cc1. The molecule has 0 heterocycles. The molecule has 2 aromatic rings. The van der Waals surface area contributed by atoms with E-state index in [1.54, 1.807) is 41.3 Å². The van der Waals surface area contributed by atoms with Crippen molar-refractivity contribution in [1.82, 2.24) is 0 Å². The molecule has 0 spiro atoms. The molecule has 0 aromatic heterocycles. The number of amides is 1. The Morgan fingerprint density at radius 3 is 2.52 bits per heavy atom. The van der Waals surface area contributed by atoms with Crippen LogP contribution in [0.3, 0.4) is 0 Å². The van der Waals surface area contributed by atoms with E-state index in [1.165, 1.54) is 6.07 Å². The lowest BCUT2D eigenvalue weighted by Gasteiger charge is -2.23. The normalized spacial score (nSPS) is 10.4. The van der Waals surface area contributed by atoms with E-state index in [0.717, 1.165) is 6.42 Å². The number of benzene rings is 2. The number of nitrogens with zero attached hydrogens (tertiary/aromatic N) is 1. The number of carbonyl (C=O) groups excluding carboxylic acids is 1. The van der Waals surface area contributed by atoms with Crippen LogP contribution in [0.5, 0.6) is 0 Å². The number of hydrogen-bond donors (Lipinski definition) is 1. The van der Waals surface area contributed by atoms with Crippen LogP contribution in [0.25, 0.3) is 0 Å². The minimum Gasteiger partial charge on any atom is -0.399 e. The summed E-state index contributed by atoms with van der Waals surface area (Å²) in [6, 6.07) is 11.7. The van der Waals surface area contributed by atoms with Gasteiger partial charge < -0.3 is 10.6 Å². The van der Waals surface area contributed by atoms with Gasteiger partial charge in [0.2, 0.25) is 0 Å². The molecular formula is C16H16BrFN2O. The lowest BCUT2D eigenvalue weighted by atomic mass is 10.1. The van der Waals surface area contributed by atoms with Crippen molar-refractivity contribution < 1.29 is 9.18 Å². The van der Waals surface area contributed by atoms with Crippen molar-refractivity contribution in [2.75, 3.05) is 17.2 Å². The number of carbonyl (C=O) groups is 1. The Bertz CT molecular complexity index is 643. The molecular weight excluding hydrogens is 335 g/mol. The van der Waals surface area contributed by atoms with Gasteiger partial charge >= 0.3 is 0 Å². The molecule has 1 amide bonds. The molecule has 5 heteroatoms. The summed E-state index contributed by atoms with van der Waals surface area (Å²) < 4.78 is 14.4. The first-order chi connectivity index (χ1) is 10.0. The van der Waals surface area contributed by atoms with Crippen LogP contribution in [0, 0.1) is 5.82 Å². The zero-order chi connectivity index (χ0) is 15.4. The van der Waals surface area contributed by atoms with Crippen molar-refractivity contribution in [2.45, 2.75) is 13.3 Å².